The molecule has 1 N–H and O–H groups in total. The van der Waals surface area contributed by atoms with Gasteiger partial charge in [0.2, 0.25) is 0 Å². The van der Waals surface area contributed by atoms with Gasteiger partial charge < -0.3 is 14.8 Å². The molecule has 2 atom stereocenters. The molecular formula is C14H19Br2NO2. The molecule has 0 bridgehead atoms. The average Bonchev–Trinajstić information content (AvgIpc) is 2.89. The zero-order valence-corrected chi connectivity index (χ0v) is 14.4. The van der Waals surface area contributed by atoms with Crippen LogP contribution in [0, 0.1) is 0 Å². The van der Waals surface area contributed by atoms with Crippen molar-refractivity contribution in [1.82, 2.24) is 5.32 Å². The van der Waals surface area contributed by atoms with Crippen LogP contribution in [0.25, 0.3) is 0 Å². The predicted molar refractivity (Wildman–Crippen MR) is 83.7 cm³/mol. The molecule has 3 nitrogen and oxygen atoms in total. The Morgan fingerprint density at radius 3 is 2.63 bits per heavy atom. The molecule has 106 valence electrons. The van der Waals surface area contributed by atoms with Crippen LogP contribution in [0.15, 0.2) is 21.1 Å². The van der Waals surface area contributed by atoms with Crippen molar-refractivity contribution in [3.8, 4) is 5.75 Å². The summed E-state index contributed by atoms with van der Waals surface area (Å²) in [6.07, 6.45) is 2.69. The van der Waals surface area contributed by atoms with Crippen molar-refractivity contribution in [2.24, 2.45) is 0 Å². The quantitative estimate of drug-likeness (QED) is 0.824. The fraction of sp³-hybridized carbons (Fsp3) is 0.571. The Balaban J connectivity index is 1.95. The highest BCUT2D eigenvalue weighted by atomic mass is 79.9. The minimum absolute atomic E-state index is 0.352. The molecule has 0 saturated carbocycles. The minimum atomic E-state index is 0.352. The molecular weight excluding hydrogens is 374 g/mol. The van der Waals surface area contributed by atoms with Crippen LogP contribution in [-0.4, -0.2) is 25.9 Å². The van der Waals surface area contributed by atoms with Crippen molar-refractivity contribution in [2.45, 2.75) is 38.5 Å². The summed E-state index contributed by atoms with van der Waals surface area (Å²) in [6.45, 7) is 3.90. The monoisotopic (exact) mass is 391 g/mol. The molecule has 0 aliphatic carbocycles. The second-order valence-electron chi connectivity index (χ2n) is 4.81. The summed E-state index contributed by atoms with van der Waals surface area (Å²) in [6, 6.07) is 4.54. The van der Waals surface area contributed by atoms with Crippen LogP contribution in [0.3, 0.4) is 0 Å². The molecule has 1 fully saturated rings. The number of benzene rings is 1. The third kappa shape index (κ3) is 3.94. The van der Waals surface area contributed by atoms with E-state index in [1.807, 2.05) is 0 Å². The van der Waals surface area contributed by atoms with Crippen LogP contribution < -0.4 is 10.1 Å². The normalized spacial score (nSPS) is 20.5. The fourth-order valence-corrected chi connectivity index (χ4v) is 3.92. The molecule has 1 aliphatic heterocycles. The maximum atomic E-state index is 5.69. The highest BCUT2D eigenvalue weighted by Gasteiger charge is 2.21. The number of hydrogen-bond acceptors (Lipinski definition) is 3. The topological polar surface area (TPSA) is 30.5 Å². The van der Waals surface area contributed by atoms with Gasteiger partial charge in [-0.1, -0.05) is 0 Å². The smallest absolute Gasteiger partial charge is 0.147 e. The predicted octanol–water partition coefficient (Wildman–Crippen LogP) is 3.88. The molecule has 1 aliphatic rings. The molecule has 2 rings (SSSR count). The molecule has 0 unspecified atom stereocenters. The first-order chi connectivity index (χ1) is 9.11. The van der Waals surface area contributed by atoms with Crippen molar-refractivity contribution in [2.75, 3.05) is 13.7 Å². The van der Waals surface area contributed by atoms with Gasteiger partial charge in [0, 0.05) is 19.2 Å². The van der Waals surface area contributed by atoms with E-state index in [1.165, 1.54) is 12.0 Å². The summed E-state index contributed by atoms with van der Waals surface area (Å²) < 4.78 is 12.9. The van der Waals surface area contributed by atoms with Crippen LogP contribution in [0.2, 0.25) is 0 Å². The zero-order chi connectivity index (χ0) is 13.8. The van der Waals surface area contributed by atoms with Crippen LogP contribution in [0.5, 0.6) is 5.75 Å². The van der Waals surface area contributed by atoms with Gasteiger partial charge in [-0.3, -0.25) is 0 Å². The number of rotatable bonds is 5. The van der Waals surface area contributed by atoms with E-state index >= 15 is 0 Å². The number of methoxy groups -OCH3 is 1. The lowest BCUT2D eigenvalue weighted by molar-refractivity contribution is 0.0832. The molecule has 0 radical (unpaired) electrons. The van der Waals surface area contributed by atoms with Gasteiger partial charge in [0.25, 0.3) is 0 Å². The van der Waals surface area contributed by atoms with Gasteiger partial charge in [-0.25, -0.2) is 0 Å². The van der Waals surface area contributed by atoms with Gasteiger partial charge >= 0.3 is 0 Å². The molecule has 1 saturated heterocycles. The Kier molecular flexibility index (Phi) is 5.69. The van der Waals surface area contributed by atoms with Crippen LogP contribution in [-0.2, 0) is 11.3 Å². The summed E-state index contributed by atoms with van der Waals surface area (Å²) in [5.41, 5.74) is 1.21. The minimum Gasteiger partial charge on any atom is -0.494 e. The van der Waals surface area contributed by atoms with E-state index in [-0.39, 0.29) is 0 Å². The van der Waals surface area contributed by atoms with Crippen molar-refractivity contribution in [3.63, 3.8) is 0 Å². The van der Waals surface area contributed by atoms with Crippen LogP contribution in [0.4, 0.5) is 0 Å². The first-order valence-electron chi connectivity index (χ1n) is 6.48. The van der Waals surface area contributed by atoms with E-state index in [0.717, 1.165) is 34.3 Å². The number of nitrogens with one attached hydrogen (secondary N) is 1. The average molecular weight is 393 g/mol. The highest BCUT2D eigenvalue weighted by Crippen LogP contribution is 2.34. The zero-order valence-electron chi connectivity index (χ0n) is 11.2. The van der Waals surface area contributed by atoms with Crippen LogP contribution in [0.1, 0.15) is 25.3 Å². The maximum Gasteiger partial charge on any atom is 0.147 e. The second kappa shape index (κ2) is 7.07. The maximum absolute atomic E-state index is 5.69. The first-order valence-corrected chi connectivity index (χ1v) is 8.07. The lowest BCUT2D eigenvalue weighted by Gasteiger charge is -2.20. The Bertz CT molecular complexity index is 410. The van der Waals surface area contributed by atoms with Gasteiger partial charge in [-0.05, 0) is 69.3 Å². The van der Waals surface area contributed by atoms with E-state index in [2.05, 4.69) is 56.2 Å². The van der Waals surface area contributed by atoms with Crippen molar-refractivity contribution < 1.29 is 9.47 Å². The molecule has 1 heterocycles. The van der Waals surface area contributed by atoms with Crippen molar-refractivity contribution in [3.05, 3.63) is 26.6 Å². The third-order valence-electron chi connectivity index (χ3n) is 3.41. The lowest BCUT2D eigenvalue weighted by atomic mass is 10.1. The SMILES string of the molecule is COc1c(Br)cc(CN[C@@H](C)[C@@H]2CCCO2)cc1Br. The molecule has 0 aromatic heterocycles. The fourth-order valence-electron chi connectivity index (χ4n) is 2.32. The van der Waals surface area contributed by atoms with Gasteiger partial charge in [0.15, 0.2) is 0 Å². The van der Waals surface area contributed by atoms with Crippen molar-refractivity contribution >= 4 is 31.9 Å². The Labute approximate surface area is 131 Å². The highest BCUT2D eigenvalue weighted by molar-refractivity contribution is 9.11. The molecule has 1 aromatic rings. The van der Waals surface area contributed by atoms with E-state index in [0.29, 0.717) is 12.1 Å². The van der Waals surface area contributed by atoms with E-state index in [1.54, 1.807) is 7.11 Å². The number of ether oxygens (including phenoxy) is 2. The van der Waals surface area contributed by atoms with Gasteiger partial charge in [-0.15, -0.1) is 0 Å². The van der Waals surface area contributed by atoms with Gasteiger partial charge in [0.1, 0.15) is 5.75 Å². The van der Waals surface area contributed by atoms with Crippen LogP contribution >= 0.6 is 31.9 Å². The van der Waals surface area contributed by atoms with E-state index in [4.69, 9.17) is 9.47 Å². The van der Waals surface area contributed by atoms with Gasteiger partial charge in [0.05, 0.1) is 22.2 Å². The largest absolute Gasteiger partial charge is 0.494 e. The summed E-state index contributed by atoms with van der Waals surface area (Å²) in [5.74, 6) is 0.830. The Hall–Kier alpha value is -0.100. The summed E-state index contributed by atoms with van der Waals surface area (Å²) in [5, 5.41) is 3.53. The number of halogens is 2. The van der Waals surface area contributed by atoms with Gasteiger partial charge in [-0.2, -0.15) is 0 Å². The summed E-state index contributed by atoms with van der Waals surface area (Å²) in [4.78, 5) is 0. The molecule has 1 aromatic carbocycles. The number of hydrogen-bond donors (Lipinski definition) is 1. The Morgan fingerprint density at radius 2 is 2.11 bits per heavy atom. The molecule has 19 heavy (non-hydrogen) atoms. The second-order valence-corrected chi connectivity index (χ2v) is 6.52. The molecule has 5 heteroatoms. The van der Waals surface area contributed by atoms with E-state index < -0.39 is 0 Å². The summed E-state index contributed by atoms with van der Waals surface area (Å²) >= 11 is 7.05. The Morgan fingerprint density at radius 1 is 1.42 bits per heavy atom. The summed E-state index contributed by atoms with van der Waals surface area (Å²) in [7, 11) is 1.67. The molecule has 0 spiro atoms. The standard InChI is InChI=1S/C14H19Br2NO2/c1-9(13-4-3-5-19-13)17-8-10-6-11(15)14(18-2)12(16)7-10/h6-7,9,13,17H,3-5,8H2,1-2H3/t9-,13-/m0/s1. The third-order valence-corrected chi connectivity index (χ3v) is 4.59. The molecule has 0 amide bonds. The first kappa shape index (κ1) is 15.3. The lowest BCUT2D eigenvalue weighted by Crippen LogP contribution is -2.36. The van der Waals surface area contributed by atoms with Crippen molar-refractivity contribution in [1.29, 1.82) is 0 Å². The van der Waals surface area contributed by atoms with E-state index in [9.17, 15) is 0 Å².